The van der Waals surface area contributed by atoms with Crippen molar-refractivity contribution in [2.45, 2.75) is 24.8 Å². The fourth-order valence-corrected chi connectivity index (χ4v) is 3.08. The molecule has 0 amide bonds. The van der Waals surface area contributed by atoms with Gasteiger partial charge in [0, 0.05) is 11.0 Å². The minimum atomic E-state index is -3.70. The van der Waals surface area contributed by atoms with E-state index in [2.05, 4.69) is 20.7 Å². The zero-order valence-electron chi connectivity index (χ0n) is 10.2. The van der Waals surface area contributed by atoms with Crippen molar-refractivity contribution in [3.8, 4) is 5.75 Å². The Labute approximate surface area is 115 Å². The molecule has 0 spiro atoms. The Kier molecular flexibility index (Phi) is 5.58. The van der Waals surface area contributed by atoms with Gasteiger partial charge in [0.15, 0.2) is 0 Å². The normalized spacial score (nSPS) is 13.3. The Morgan fingerprint density at radius 3 is 2.72 bits per heavy atom. The van der Waals surface area contributed by atoms with Gasteiger partial charge in [0.2, 0.25) is 10.0 Å². The van der Waals surface area contributed by atoms with Crippen LogP contribution in [-0.2, 0) is 10.0 Å². The van der Waals surface area contributed by atoms with Crippen LogP contribution in [0, 0.1) is 0 Å². The fraction of sp³-hybridized carbons (Fsp3) is 0.455. The quantitative estimate of drug-likeness (QED) is 0.824. The Morgan fingerprint density at radius 1 is 1.50 bits per heavy atom. The average molecular weight is 338 g/mol. The van der Waals surface area contributed by atoms with Crippen LogP contribution in [0.3, 0.4) is 0 Å². The molecular formula is C11H16BrNO4S. The highest BCUT2D eigenvalue weighted by Crippen LogP contribution is 2.27. The van der Waals surface area contributed by atoms with Gasteiger partial charge < -0.3 is 9.84 Å². The van der Waals surface area contributed by atoms with Gasteiger partial charge in [-0.25, -0.2) is 13.1 Å². The third-order valence-electron chi connectivity index (χ3n) is 2.06. The molecular weight excluding hydrogens is 322 g/mol. The number of hydrogen-bond donors (Lipinski definition) is 2. The summed E-state index contributed by atoms with van der Waals surface area (Å²) >= 11 is 3.22. The monoisotopic (exact) mass is 337 g/mol. The highest BCUT2D eigenvalue weighted by molar-refractivity contribution is 9.10. The van der Waals surface area contributed by atoms with E-state index >= 15 is 0 Å². The molecule has 0 aliphatic rings. The molecule has 0 radical (unpaired) electrons. The molecule has 0 aromatic heterocycles. The van der Waals surface area contributed by atoms with Crippen LogP contribution < -0.4 is 9.46 Å². The summed E-state index contributed by atoms with van der Waals surface area (Å²) in [5, 5.41) is 9.12. The number of benzene rings is 1. The second kappa shape index (κ2) is 6.51. The van der Waals surface area contributed by atoms with Crippen molar-refractivity contribution in [1.82, 2.24) is 4.72 Å². The number of nitrogens with one attached hydrogen (secondary N) is 1. The van der Waals surface area contributed by atoms with Gasteiger partial charge in [-0.3, -0.25) is 0 Å². The molecule has 0 fully saturated rings. The molecule has 1 aromatic carbocycles. The van der Waals surface area contributed by atoms with Crippen LogP contribution >= 0.6 is 15.9 Å². The molecule has 102 valence electrons. The van der Waals surface area contributed by atoms with E-state index in [1.807, 2.05) is 0 Å². The van der Waals surface area contributed by atoms with Crippen molar-refractivity contribution in [3.63, 3.8) is 0 Å². The van der Waals surface area contributed by atoms with Gasteiger partial charge in [-0.2, -0.15) is 0 Å². The summed E-state index contributed by atoms with van der Waals surface area (Å²) in [4.78, 5) is 0.0550. The molecule has 2 N–H and O–H groups in total. The van der Waals surface area contributed by atoms with Gasteiger partial charge in [-0.05, 0) is 32.0 Å². The maximum Gasteiger partial charge on any atom is 0.244 e. The average Bonchev–Trinajstić information content (AvgIpc) is 2.29. The fourth-order valence-electron chi connectivity index (χ4n) is 1.27. The lowest BCUT2D eigenvalue weighted by molar-refractivity contribution is 0.198. The van der Waals surface area contributed by atoms with Crippen molar-refractivity contribution in [2.24, 2.45) is 0 Å². The number of sulfonamides is 1. The highest BCUT2D eigenvalue weighted by atomic mass is 79.9. The number of rotatable bonds is 6. The first kappa shape index (κ1) is 15.4. The number of aliphatic hydroxyl groups is 1. The lowest BCUT2D eigenvalue weighted by Crippen LogP contribution is -2.31. The smallest absolute Gasteiger partial charge is 0.244 e. The van der Waals surface area contributed by atoms with Gasteiger partial charge in [-0.15, -0.1) is 0 Å². The lowest BCUT2D eigenvalue weighted by atomic mass is 10.3. The van der Waals surface area contributed by atoms with Crippen molar-refractivity contribution in [2.75, 3.05) is 13.2 Å². The topological polar surface area (TPSA) is 75.6 Å². The maximum absolute atomic E-state index is 12.1. The van der Waals surface area contributed by atoms with E-state index in [4.69, 9.17) is 9.84 Å². The second-order valence-electron chi connectivity index (χ2n) is 3.72. The van der Waals surface area contributed by atoms with Gasteiger partial charge >= 0.3 is 0 Å². The van der Waals surface area contributed by atoms with E-state index in [9.17, 15) is 8.42 Å². The van der Waals surface area contributed by atoms with Gasteiger partial charge in [0.1, 0.15) is 10.6 Å². The lowest BCUT2D eigenvalue weighted by Gasteiger charge is -2.13. The molecule has 1 unspecified atom stereocenters. The maximum atomic E-state index is 12.1. The summed E-state index contributed by atoms with van der Waals surface area (Å²) in [6.07, 6.45) is -0.748. The van der Waals surface area contributed by atoms with E-state index in [0.717, 1.165) is 0 Å². The minimum absolute atomic E-state index is 0.0413. The summed E-state index contributed by atoms with van der Waals surface area (Å²) in [6.45, 7) is 3.62. The molecule has 1 atom stereocenters. The first-order valence-corrected chi connectivity index (χ1v) is 7.74. The summed E-state index contributed by atoms with van der Waals surface area (Å²) < 4.78 is 32.4. The molecule has 18 heavy (non-hydrogen) atoms. The van der Waals surface area contributed by atoms with Crippen molar-refractivity contribution in [1.29, 1.82) is 0 Å². The third-order valence-corrected chi connectivity index (χ3v) is 4.00. The molecule has 1 aromatic rings. The Balaban J connectivity index is 3.09. The van der Waals surface area contributed by atoms with E-state index in [1.165, 1.54) is 13.0 Å². The molecule has 0 aliphatic heterocycles. The zero-order valence-corrected chi connectivity index (χ0v) is 12.6. The van der Waals surface area contributed by atoms with Crippen LogP contribution in [-0.4, -0.2) is 32.8 Å². The first-order valence-electron chi connectivity index (χ1n) is 5.47. The van der Waals surface area contributed by atoms with Crippen LogP contribution in [0.2, 0.25) is 0 Å². The minimum Gasteiger partial charge on any atom is -0.492 e. The second-order valence-corrected chi connectivity index (χ2v) is 6.38. The molecule has 1 rings (SSSR count). The van der Waals surface area contributed by atoms with Crippen LogP contribution in [0.5, 0.6) is 5.75 Å². The summed E-state index contributed by atoms with van der Waals surface area (Å²) in [7, 11) is -3.70. The molecule has 5 nitrogen and oxygen atoms in total. The third kappa shape index (κ3) is 4.24. The Bertz CT molecular complexity index is 502. The predicted octanol–water partition coefficient (Wildman–Crippen LogP) is 1.51. The predicted molar refractivity (Wildman–Crippen MR) is 72.2 cm³/mol. The van der Waals surface area contributed by atoms with Crippen LogP contribution in [0.25, 0.3) is 0 Å². The number of hydrogen-bond acceptors (Lipinski definition) is 4. The van der Waals surface area contributed by atoms with Crippen molar-refractivity contribution >= 4 is 26.0 Å². The highest BCUT2D eigenvalue weighted by Gasteiger charge is 2.20. The molecule has 7 heteroatoms. The summed E-state index contributed by atoms with van der Waals surface area (Å²) in [5.74, 6) is 0.291. The largest absolute Gasteiger partial charge is 0.492 e. The van der Waals surface area contributed by atoms with E-state index in [0.29, 0.717) is 16.8 Å². The van der Waals surface area contributed by atoms with Gasteiger partial charge in [0.05, 0.1) is 12.7 Å². The molecule has 0 bridgehead atoms. The van der Waals surface area contributed by atoms with Crippen LogP contribution in [0.4, 0.5) is 0 Å². The molecule has 0 saturated heterocycles. The van der Waals surface area contributed by atoms with Crippen LogP contribution in [0.1, 0.15) is 13.8 Å². The molecule has 0 aliphatic carbocycles. The van der Waals surface area contributed by atoms with Crippen LogP contribution in [0.15, 0.2) is 27.6 Å². The zero-order chi connectivity index (χ0) is 13.8. The molecule has 0 saturated carbocycles. The standard InChI is InChI=1S/C11H16BrNO4S/c1-3-17-10-5-4-9(12)6-11(10)18(15,16)13-7-8(2)14/h4-6,8,13-14H,3,7H2,1-2H3. The van der Waals surface area contributed by atoms with E-state index < -0.39 is 16.1 Å². The first-order chi connectivity index (χ1) is 8.36. The van der Waals surface area contributed by atoms with E-state index in [-0.39, 0.29) is 11.4 Å². The summed E-state index contributed by atoms with van der Waals surface area (Å²) in [6, 6.07) is 4.76. The number of halogens is 1. The van der Waals surface area contributed by atoms with E-state index in [1.54, 1.807) is 19.1 Å². The van der Waals surface area contributed by atoms with Gasteiger partial charge in [0.25, 0.3) is 0 Å². The summed E-state index contributed by atoms with van der Waals surface area (Å²) in [5.41, 5.74) is 0. The SMILES string of the molecule is CCOc1ccc(Br)cc1S(=O)(=O)NCC(C)O. The number of aliphatic hydroxyl groups excluding tert-OH is 1. The number of ether oxygens (including phenoxy) is 1. The Morgan fingerprint density at radius 2 is 2.17 bits per heavy atom. The van der Waals surface area contributed by atoms with Crippen molar-refractivity contribution in [3.05, 3.63) is 22.7 Å². The molecule has 0 heterocycles. The van der Waals surface area contributed by atoms with Crippen molar-refractivity contribution < 1.29 is 18.3 Å². The Hall–Kier alpha value is -0.630. The van der Waals surface area contributed by atoms with Gasteiger partial charge in [-0.1, -0.05) is 15.9 Å².